The molecule has 0 spiro atoms. The summed E-state index contributed by atoms with van der Waals surface area (Å²) < 4.78 is 0. The van der Waals surface area contributed by atoms with Crippen molar-refractivity contribution in [3.05, 3.63) is 35.4 Å². The Bertz CT molecular complexity index is 216. The molecule has 2 heteroatoms. The van der Waals surface area contributed by atoms with Crippen molar-refractivity contribution in [1.29, 1.82) is 0 Å². The highest BCUT2D eigenvalue weighted by Crippen LogP contribution is 2.18. The van der Waals surface area contributed by atoms with Crippen LogP contribution in [0, 0.1) is 6.92 Å². The first-order chi connectivity index (χ1) is 6.24. The Morgan fingerprint density at radius 2 is 1.62 bits per heavy atom. The van der Waals surface area contributed by atoms with E-state index in [0.717, 1.165) is 0 Å². The van der Waals surface area contributed by atoms with Gasteiger partial charge in [-0.05, 0) is 24.8 Å². The van der Waals surface area contributed by atoms with Crippen LogP contribution in [0.2, 0.25) is 0 Å². The van der Waals surface area contributed by atoms with Crippen molar-refractivity contribution < 1.29 is 10.5 Å². The molecule has 0 aliphatic carbocycles. The number of aryl methyl sites for hydroxylation is 1. The molecule has 2 nitrogen and oxygen atoms in total. The van der Waals surface area contributed by atoms with Gasteiger partial charge in [0.15, 0.2) is 0 Å². The summed E-state index contributed by atoms with van der Waals surface area (Å²) in [6.07, 6.45) is 1.23. The highest BCUT2D eigenvalue weighted by molar-refractivity contribution is 5.23. The predicted molar refractivity (Wildman–Crippen MR) is 55.1 cm³/mol. The maximum absolute atomic E-state index is 6.00. The molecule has 0 aromatic heterocycles. The summed E-state index contributed by atoms with van der Waals surface area (Å²) in [5.74, 6) is 0.704. The standard InChI is InChI=1S/C11H16.H2O2/c1-4-10(3)11-7-5-9(2)6-8-11;1-2/h5-8,10H,4H2,1-3H3;1-2H. The minimum atomic E-state index is 0.704. The highest BCUT2D eigenvalue weighted by atomic mass is 17.0. The van der Waals surface area contributed by atoms with E-state index in [2.05, 4.69) is 45.0 Å². The largest absolute Gasteiger partial charge is 0.255 e. The molecule has 1 rings (SSSR count). The van der Waals surface area contributed by atoms with Gasteiger partial charge in [-0.3, -0.25) is 10.5 Å². The Labute approximate surface area is 79.8 Å². The van der Waals surface area contributed by atoms with E-state index in [1.54, 1.807) is 0 Å². The van der Waals surface area contributed by atoms with Crippen molar-refractivity contribution in [2.24, 2.45) is 0 Å². The molecule has 0 fully saturated rings. The molecule has 0 saturated heterocycles. The fourth-order valence-electron chi connectivity index (χ4n) is 1.13. The Kier molecular flexibility index (Phi) is 6.20. The van der Waals surface area contributed by atoms with Gasteiger partial charge in [0.2, 0.25) is 0 Å². The SMILES string of the molecule is CCC(C)c1ccc(C)cc1.OO. The first kappa shape index (κ1) is 12.1. The summed E-state index contributed by atoms with van der Waals surface area (Å²) in [5.41, 5.74) is 2.80. The van der Waals surface area contributed by atoms with Gasteiger partial charge in [0.05, 0.1) is 0 Å². The van der Waals surface area contributed by atoms with Gasteiger partial charge in [-0.2, -0.15) is 0 Å². The van der Waals surface area contributed by atoms with E-state index >= 15 is 0 Å². The first-order valence-electron chi connectivity index (χ1n) is 4.50. The Morgan fingerprint density at radius 3 is 2.00 bits per heavy atom. The van der Waals surface area contributed by atoms with Crippen molar-refractivity contribution in [2.75, 3.05) is 0 Å². The Hall–Kier alpha value is -0.860. The van der Waals surface area contributed by atoms with E-state index < -0.39 is 0 Å². The molecule has 1 aromatic carbocycles. The van der Waals surface area contributed by atoms with E-state index in [4.69, 9.17) is 10.5 Å². The van der Waals surface area contributed by atoms with E-state index in [-0.39, 0.29) is 0 Å². The quantitative estimate of drug-likeness (QED) is 0.542. The fourth-order valence-corrected chi connectivity index (χ4v) is 1.13. The molecule has 1 unspecified atom stereocenters. The number of rotatable bonds is 2. The first-order valence-corrected chi connectivity index (χ1v) is 4.50. The maximum atomic E-state index is 6.00. The van der Waals surface area contributed by atoms with Gasteiger partial charge in [0.1, 0.15) is 0 Å². The van der Waals surface area contributed by atoms with Crippen LogP contribution in [0.4, 0.5) is 0 Å². The molecule has 0 bridgehead atoms. The summed E-state index contributed by atoms with van der Waals surface area (Å²) in [6, 6.07) is 8.82. The molecule has 2 N–H and O–H groups in total. The number of hydrogen-bond donors (Lipinski definition) is 2. The topological polar surface area (TPSA) is 40.5 Å². The van der Waals surface area contributed by atoms with Crippen molar-refractivity contribution >= 4 is 0 Å². The lowest BCUT2D eigenvalue weighted by molar-refractivity contribution is -0.176. The zero-order valence-corrected chi connectivity index (χ0v) is 8.49. The zero-order valence-electron chi connectivity index (χ0n) is 8.49. The van der Waals surface area contributed by atoms with E-state index in [0.29, 0.717) is 5.92 Å². The second-order valence-electron chi connectivity index (χ2n) is 3.22. The Morgan fingerprint density at radius 1 is 1.15 bits per heavy atom. The van der Waals surface area contributed by atoms with Gasteiger partial charge < -0.3 is 0 Å². The molecule has 1 aromatic rings. The third kappa shape index (κ3) is 4.06. The average molecular weight is 182 g/mol. The van der Waals surface area contributed by atoms with Crippen molar-refractivity contribution in [2.45, 2.75) is 33.1 Å². The van der Waals surface area contributed by atoms with Crippen molar-refractivity contribution in [3.63, 3.8) is 0 Å². The summed E-state index contributed by atoms with van der Waals surface area (Å²) in [7, 11) is 0. The molecule has 0 heterocycles. The third-order valence-electron chi connectivity index (χ3n) is 2.26. The molecule has 0 aliphatic heterocycles. The van der Waals surface area contributed by atoms with Gasteiger partial charge >= 0.3 is 0 Å². The van der Waals surface area contributed by atoms with Gasteiger partial charge in [0.25, 0.3) is 0 Å². The van der Waals surface area contributed by atoms with Crippen LogP contribution < -0.4 is 0 Å². The van der Waals surface area contributed by atoms with Gasteiger partial charge in [-0.25, -0.2) is 0 Å². The fraction of sp³-hybridized carbons (Fsp3) is 0.455. The third-order valence-corrected chi connectivity index (χ3v) is 2.26. The molecule has 1 atom stereocenters. The van der Waals surface area contributed by atoms with E-state index in [1.807, 2.05) is 0 Å². The molecular formula is C11H18O2. The lowest BCUT2D eigenvalue weighted by Gasteiger charge is -2.07. The van der Waals surface area contributed by atoms with Crippen LogP contribution in [-0.2, 0) is 0 Å². The van der Waals surface area contributed by atoms with Crippen LogP contribution in [0.3, 0.4) is 0 Å². The highest BCUT2D eigenvalue weighted by Gasteiger charge is 2.00. The zero-order chi connectivity index (χ0) is 10.3. The van der Waals surface area contributed by atoms with Crippen LogP contribution in [0.25, 0.3) is 0 Å². The van der Waals surface area contributed by atoms with Crippen LogP contribution in [0.1, 0.15) is 37.3 Å². The van der Waals surface area contributed by atoms with Crippen LogP contribution in [-0.4, -0.2) is 10.5 Å². The second-order valence-corrected chi connectivity index (χ2v) is 3.22. The summed E-state index contributed by atoms with van der Waals surface area (Å²) in [6.45, 7) is 6.62. The van der Waals surface area contributed by atoms with E-state index in [1.165, 1.54) is 17.5 Å². The number of hydrogen-bond acceptors (Lipinski definition) is 2. The molecule has 0 amide bonds. The lowest BCUT2D eigenvalue weighted by atomic mass is 9.98. The average Bonchev–Trinajstić information content (AvgIpc) is 2.21. The summed E-state index contributed by atoms with van der Waals surface area (Å²) >= 11 is 0. The van der Waals surface area contributed by atoms with Crippen LogP contribution in [0.15, 0.2) is 24.3 Å². The maximum Gasteiger partial charge on any atom is -0.0193 e. The smallest absolute Gasteiger partial charge is 0.0193 e. The molecule has 0 saturated carbocycles. The second kappa shape index (κ2) is 6.63. The minimum absolute atomic E-state index is 0.704. The molecule has 13 heavy (non-hydrogen) atoms. The van der Waals surface area contributed by atoms with Gasteiger partial charge in [0, 0.05) is 0 Å². The molecular weight excluding hydrogens is 164 g/mol. The number of benzene rings is 1. The van der Waals surface area contributed by atoms with Crippen molar-refractivity contribution in [1.82, 2.24) is 0 Å². The normalized spacial score (nSPS) is 11.5. The summed E-state index contributed by atoms with van der Waals surface area (Å²) in [5, 5.41) is 12.0. The molecule has 0 radical (unpaired) electrons. The van der Waals surface area contributed by atoms with Gasteiger partial charge in [-0.15, -0.1) is 0 Å². The van der Waals surface area contributed by atoms with Crippen molar-refractivity contribution in [3.8, 4) is 0 Å². The van der Waals surface area contributed by atoms with Crippen LogP contribution in [0.5, 0.6) is 0 Å². The summed E-state index contributed by atoms with van der Waals surface area (Å²) in [4.78, 5) is 0. The molecule has 74 valence electrons. The Balaban J connectivity index is 0.000000671. The lowest BCUT2D eigenvalue weighted by Crippen LogP contribution is -1.89. The molecule has 0 aliphatic rings. The van der Waals surface area contributed by atoms with Crippen LogP contribution >= 0.6 is 0 Å². The monoisotopic (exact) mass is 182 g/mol. The van der Waals surface area contributed by atoms with E-state index in [9.17, 15) is 0 Å². The predicted octanol–water partition coefficient (Wildman–Crippen LogP) is 3.53. The van der Waals surface area contributed by atoms with Gasteiger partial charge in [-0.1, -0.05) is 43.7 Å². The minimum Gasteiger partial charge on any atom is -0.255 e.